The Labute approximate surface area is 169 Å². The number of halogens is 1. The number of benzene rings is 1. The third kappa shape index (κ3) is 8.37. The second-order valence-electron chi connectivity index (χ2n) is 6.45. The van der Waals surface area contributed by atoms with Crippen molar-refractivity contribution in [1.82, 2.24) is 15.5 Å². The zero-order valence-corrected chi connectivity index (χ0v) is 17.8. The SMILES string of the molecule is CCCNC(=NCc1ccc(CN2CCC(O)CC2)cc1)NCC.I. The van der Waals surface area contributed by atoms with Gasteiger partial charge in [-0.25, -0.2) is 4.99 Å². The van der Waals surface area contributed by atoms with Crippen LogP contribution in [0.25, 0.3) is 0 Å². The average molecular weight is 460 g/mol. The van der Waals surface area contributed by atoms with Crippen molar-refractivity contribution in [3.63, 3.8) is 0 Å². The van der Waals surface area contributed by atoms with E-state index in [9.17, 15) is 5.11 Å². The molecule has 0 bridgehead atoms. The lowest BCUT2D eigenvalue weighted by Crippen LogP contribution is -2.37. The van der Waals surface area contributed by atoms with Gasteiger partial charge in [0.05, 0.1) is 12.6 Å². The third-order valence-electron chi connectivity index (χ3n) is 4.29. The fraction of sp³-hybridized carbons (Fsp3) is 0.632. The molecule has 0 spiro atoms. The molecule has 1 aromatic rings. The number of aliphatic hydroxyl groups is 1. The fourth-order valence-corrected chi connectivity index (χ4v) is 2.84. The Hall–Kier alpha value is -0.860. The number of nitrogens with one attached hydrogen (secondary N) is 2. The highest BCUT2D eigenvalue weighted by Crippen LogP contribution is 2.14. The Kier molecular flexibility index (Phi) is 11.1. The molecule has 1 aliphatic rings. The van der Waals surface area contributed by atoms with Crippen LogP contribution in [0.3, 0.4) is 0 Å². The minimum absolute atomic E-state index is 0. The molecule has 1 aromatic carbocycles. The topological polar surface area (TPSA) is 59.9 Å². The summed E-state index contributed by atoms with van der Waals surface area (Å²) >= 11 is 0. The first kappa shape index (κ1) is 22.2. The number of aliphatic hydroxyl groups excluding tert-OH is 1. The van der Waals surface area contributed by atoms with Gasteiger partial charge in [0.25, 0.3) is 0 Å². The molecule has 0 aromatic heterocycles. The van der Waals surface area contributed by atoms with Gasteiger partial charge in [0.15, 0.2) is 5.96 Å². The van der Waals surface area contributed by atoms with Crippen LogP contribution in [0.15, 0.2) is 29.3 Å². The fourth-order valence-electron chi connectivity index (χ4n) is 2.84. The van der Waals surface area contributed by atoms with Gasteiger partial charge in [0.2, 0.25) is 0 Å². The summed E-state index contributed by atoms with van der Waals surface area (Å²) in [5.74, 6) is 0.885. The van der Waals surface area contributed by atoms with Crippen molar-refractivity contribution in [2.75, 3.05) is 26.2 Å². The van der Waals surface area contributed by atoms with Crippen LogP contribution in [-0.4, -0.2) is 48.2 Å². The summed E-state index contributed by atoms with van der Waals surface area (Å²) in [5, 5.41) is 16.2. The third-order valence-corrected chi connectivity index (χ3v) is 4.29. The van der Waals surface area contributed by atoms with E-state index in [-0.39, 0.29) is 30.1 Å². The van der Waals surface area contributed by atoms with E-state index in [0.29, 0.717) is 6.54 Å². The van der Waals surface area contributed by atoms with Gasteiger partial charge in [-0.05, 0) is 37.3 Å². The summed E-state index contributed by atoms with van der Waals surface area (Å²) in [5.41, 5.74) is 2.55. The summed E-state index contributed by atoms with van der Waals surface area (Å²) < 4.78 is 0. The van der Waals surface area contributed by atoms with Crippen molar-refractivity contribution in [2.45, 2.75) is 52.3 Å². The van der Waals surface area contributed by atoms with Gasteiger partial charge in [-0.15, -0.1) is 24.0 Å². The van der Waals surface area contributed by atoms with E-state index in [1.165, 1.54) is 11.1 Å². The number of hydrogen-bond acceptors (Lipinski definition) is 3. The number of guanidine groups is 1. The minimum atomic E-state index is -0.103. The van der Waals surface area contributed by atoms with Gasteiger partial charge >= 0.3 is 0 Å². The van der Waals surface area contributed by atoms with Crippen LogP contribution in [0, 0.1) is 0 Å². The summed E-state index contributed by atoms with van der Waals surface area (Å²) in [4.78, 5) is 7.05. The van der Waals surface area contributed by atoms with E-state index < -0.39 is 0 Å². The quantitative estimate of drug-likeness (QED) is 0.333. The highest BCUT2D eigenvalue weighted by Gasteiger charge is 2.16. The molecular formula is C19H33IN4O. The Morgan fingerprint density at radius 3 is 2.36 bits per heavy atom. The second kappa shape index (κ2) is 12.5. The summed E-state index contributed by atoms with van der Waals surface area (Å²) in [6, 6.07) is 8.73. The molecule has 0 aliphatic carbocycles. The minimum Gasteiger partial charge on any atom is -0.393 e. The van der Waals surface area contributed by atoms with Gasteiger partial charge in [-0.2, -0.15) is 0 Å². The molecule has 6 heteroatoms. The highest BCUT2D eigenvalue weighted by atomic mass is 127. The van der Waals surface area contributed by atoms with Crippen molar-refractivity contribution in [3.8, 4) is 0 Å². The van der Waals surface area contributed by atoms with E-state index in [1.54, 1.807) is 0 Å². The van der Waals surface area contributed by atoms with Crippen LogP contribution in [0.5, 0.6) is 0 Å². The maximum Gasteiger partial charge on any atom is 0.191 e. The molecule has 1 fully saturated rings. The standard InChI is InChI=1S/C19H32N4O.HI/c1-3-11-21-19(20-4-2)22-14-16-5-7-17(8-6-16)15-23-12-9-18(24)10-13-23;/h5-8,18,24H,3-4,9-15H2,1-2H3,(H2,20,21,22);1H. The van der Waals surface area contributed by atoms with Gasteiger partial charge in [0, 0.05) is 32.7 Å². The zero-order chi connectivity index (χ0) is 17.2. The number of aliphatic imine (C=N–C) groups is 1. The maximum atomic E-state index is 9.58. The Morgan fingerprint density at radius 1 is 1.12 bits per heavy atom. The van der Waals surface area contributed by atoms with Crippen LogP contribution in [-0.2, 0) is 13.1 Å². The van der Waals surface area contributed by atoms with Crippen molar-refractivity contribution >= 4 is 29.9 Å². The van der Waals surface area contributed by atoms with Crippen LogP contribution in [0.4, 0.5) is 0 Å². The summed E-state index contributed by atoms with van der Waals surface area (Å²) in [6.07, 6.45) is 2.77. The molecule has 0 unspecified atom stereocenters. The molecule has 25 heavy (non-hydrogen) atoms. The van der Waals surface area contributed by atoms with Crippen LogP contribution < -0.4 is 10.6 Å². The largest absolute Gasteiger partial charge is 0.393 e. The Morgan fingerprint density at radius 2 is 1.76 bits per heavy atom. The molecule has 0 amide bonds. The number of likely N-dealkylation sites (tertiary alicyclic amines) is 1. The van der Waals surface area contributed by atoms with E-state index in [2.05, 4.69) is 58.6 Å². The predicted molar refractivity (Wildman–Crippen MR) is 115 cm³/mol. The first-order valence-electron chi connectivity index (χ1n) is 9.21. The van der Waals surface area contributed by atoms with Crippen molar-refractivity contribution in [2.24, 2.45) is 4.99 Å². The molecular weight excluding hydrogens is 427 g/mol. The van der Waals surface area contributed by atoms with Crippen LogP contribution >= 0.6 is 24.0 Å². The Balaban J connectivity index is 0.00000312. The van der Waals surface area contributed by atoms with Gasteiger partial charge in [-0.3, -0.25) is 4.90 Å². The molecule has 2 rings (SSSR count). The molecule has 1 aliphatic heterocycles. The lowest BCUT2D eigenvalue weighted by atomic mass is 10.1. The number of hydrogen-bond donors (Lipinski definition) is 3. The molecule has 1 saturated heterocycles. The van der Waals surface area contributed by atoms with E-state index >= 15 is 0 Å². The first-order valence-corrected chi connectivity index (χ1v) is 9.21. The van der Waals surface area contributed by atoms with E-state index in [4.69, 9.17) is 0 Å². The zero-order valence-electron chi connectivity index (χ0n) is 15.5. The maximum absolute atomic E-state index is 9.58. The van der Waals surface area contributed by atoms with Gasteiger partial charge in [0.1, 0.15) is 0 Å². The molecule has 0 saturated carbocycles. The molecule has 0 radical (unpaired) electrons. The van der Waals surface area contributed by atoms with Crippen molar-refractivity contribution < 1.29 is 5.11 Å². The molecule has 142 valence electrons. The lowest BCUT2D eigenvalue weighted by molar-refractivity contribution is 0.0792. The monoisotopic (exact) mass is 460 g/mol. The van der Waals surface area contributed by atoms with Gasteiger partial charge in [-0.1, -0.05) is 31.2 Å². The Bertz CT molecular complexity index is 499. The smallest absolute Gasteiger partial charge is 0.191 e. The van der Waals surface area contributed by atoms with E-state index in [0.717, 1.165) is 57.9 Å². The predicted octanol–water partition coefficient (Wildman–Crippen LogP) is 2.73. The lowest BCUT2D eigenvalue weighted by Gasteiger charge is -2.29. The molecule has 0 atom stereocenters. The van der Waals surface area contributed by atoms with Crippen molar-refractivity contribution in [3.05, 3.63) is 35.4 Å². The summed E-state index contributed by atoms with van der Waals surface area (Å²) in [7, 11) is 0. The highest BCUT2D eigenvalue weighted by molar-refractivity contribution is 14.0. The van der Waals surface area contributed by atoms with Crippen LogP contribution in [0.1, 0.15) is 44.2 Å². The second-order valence-corrected chi connectivity index (χ2v) is 6.45. The van der Waals surface area contributed by atoms with Gasteiger partial charge < -0.3 is 15.7 Å². The van der Waals surface area contributed by atoms with Crippen molar-refractivity contribution in [1.29, 1.82) is 0 Å². The number of piperidine rings is 1. The van der Waals surface area contributed by atoms with E-state index in [1.807, 2.05) is 0 Å². The first-order chi connectivity index (χ1) is 11.7. The average Bonchev–Trinajstić information content (AvgIpc) is 2.60. The normalized spacial score (nSPS) is 16.4. The number of rotatable bonds is 7. The molecule has 3 N–H and O–H groups in total. The molecule has 1 heterocycles. The van der Waals surface area contributed by atoms with Crippen LogP contribution in [0.2, 0.25) is 0 Å². The number of nitrogens with zero attached hydrogens (tertiary/aromatic N) is 2. The summed E-state index contributed by atoms with van der Waals surface area (Å²) in [6.45, 7) is 9.68. The molecule has 5 nitrogen and oxygen atoms in total.